The standard InChI is InChI=1S/C21H24N2O2/c1-3-22(4-2)14-15-23-19(16-10-6-5-7-11-16)17-12-8-9-13-18(17)20(23)21(24)25/h5-13H,3-4,14-15H2,1-2H3,(H,24,25). The lowest BCUT2D eigenvalue weighted by Crippen LogP contribution is -2.28. The Morgan fingerprint density at radius 2 is 1.56 bits per heavy atom. The third-order valence-corrected chi connectivity index (χ3v) is 4.76. The van der Waals surface area contributed by atoms with E-state index >= 15 is 0 Å². The molecule has 0 bridgehead atoms. The first-order valence-corrected chi connectivity index (χ1v) is 8.79. The maximum atomic E-state index is 12.0. The Bertz CT molecular complexity index is 864. The van der Waals surface area contributed by atoms with Crippen LogP contribution in [-0.4, -0.2) is 40.2 Å². The third-order valence-electron chi connectivity index (χ3n) is 4.76. The van der Waals surface area contributed by atoms with Crippen molar-refractivity contribution in [2.75, 3.05) is 19.6 Å². The lowest BCUT2D eigenvalue weighted by Gasteiger charge is -2.20. The normalized spacial score (nSPS) is 11.3. The van der Waals surface area contributed by atoms with Crippen molar-refractivity contribution < 1.29 is 9.90 Å². The molecular formula is C21H24N2O2. The van der Waals surface area contributed by atoms with Crippen molar-refractivity contribution in [3.8, 4) is 11.3 Å². The molecule has 0 amide bonds. The number of carboxylic acid groups (broad SMARTS) is 1. The monoisotopic (exact) mass is 336 g/mol. The Morgan fingerprint density at radius 1 is 0.960 bits per heavy atom. The predicted molar refractivity (Wildman–Crippen MR) is 102 cm³/mol. The number of rotatable bonds is 7. The Labute approximate surface area is 148 Å². The van der Waals surface area contributed by atoms with Gasteiger partial charge in [-0.2, -0.15) is 0 Å². The van der Waals surface area contributed by atoms with Crippen LogP contribution in [0.1, 0.15) is 24.3 Å². The number of hydrogen-bond acceptors (Lipinski definition) is 2. The van der Waals surface area contributed by atoms with Gasteiger partial charge >= 0.3 is 5.97 Å². The number of fused-ring (bicyclic) bond motifs is 1. The predicted octanol–water partition coefficient (Wildman–Crippen LogP) is 4.35. The van der Waals surface area contributed by atoms with Gasteiger partial charge in [-0.05, 0) is 18.7 Å². The molecule has 4 heteroatoms. The van der Waals surface area contributed by atoms with Gasteiger partial charge in [0.1, 0.15) is 5.69 Å². The van der Waals surface area contributed by atoms with E-state index in [9.17, 15) is 9.90 Å². The van der Waals surface area contributed by atoms with Gasteiger partial charge in [0.25, 0.3) is 0 Å². The second kappa shape index (κ2) is 7.53. The lowest BCUT2D eigenvalue weighted by atomic mass is 10.1. The summed E-state index contributed by atoms with van der Waals surface area (Å²) in [6, 6.07) is 17.8. The number of aromatic carboxylic acids is 1. The molecule has 3 rings (SSSR count). The van der Waals surface area contributed by atoms with Crippen molar-refractivity contribution in [2.24, 2.45) is 0 Å². The van der Waals surface area contributed by atoms with Crippen LogP contribution < -0.4 is 0 Å². The van der Waals surface area contributed by atoms with Crippen LogP contribution in [0.2, 0.25) is 0 Å². The molecule has 1 N–H and O–H groups in total. The molecule has 0 saturated carbocycles. The van der Waals surface area contributed by atoms with Crippen molar-refractivity contribution in [3.63, 3.8) is 0 Å². The fourth-order valence-electron chi connectivity index (χ4n) is 3.44. The molecule has 25 heavy (non-hydrogen) atoms. The molecule has 0 fully saturated rings. The first kappa shape index (κ1) is 17.2. The summed E-state index contributed by atoms with van der Waals surface area (Å²) in [7, 11) is 0. The molecule has 0 atom stereocenters. The topological polar surface area (TPSA) is 45.5 Å². The highest BCUT2D eigenvalue weighted by molar-refractivity contribution is 6.09. The molecule has 0 aliphatic heterocycles. The number of nitrogens with zero attached hydrogens (tertiary/aromatic N) is 2. The largest absolute Gasteiger partial charge is 0.477 e. The van der Waals surface area contributed by atoms with Crippen LogP contribution in [0.25, 0.3) is 22.0 Å². The molecular weight excluding hydrogens is 312 g/mol. The fraction of sp³-hybridized carbons (Fsp3) is 0.286. The first-order valence-electron chi connectivity index (χ1n) is 8.79. The average Bonchev–Trinajstić information content (AvgIpc) is 2.97. The highest BCUT2D eigenvalue weighted by Crippen LogP contribution is 2.34. The summed E-state index contributed by atoms with van der Waals surface area (Å²) in [6.45, 7) is 7.66. The van der Waals surface area contributed by atoms with Crippen LogP contribution in [-0.2, 0) is 6.54 Å². The second-order valence-electron chi connectivity index (χ2n) is 6.09. The van der Waals surface area contributed by atoms with Crippen LogP contribution in [0, 0.1) is 0 Å². The molecule has 0 radical (unpaired) electrons. The molecule has 0 unspecified atom stereocenters. The van der Waals surface area contributed by atoms with Crippen molar-refractivity contribution in [1.29, 1.82) is 0 Å². The van der Waals surface area contributed by atoms with Crippen LogP contribution in [0.3, 0.4) is 0 Å². The van der Waals surface area contributed by atoms with Crippen LogP contribution >= 0.6 is 0 Å². The number of benzene rings is 2. The summed E-state index contributed by atoms with van der Waals surface area (Å²) in [6.07, 6.45) is 0. The maximum absolute atomic E-state index is 12.0. The quantitative estimate of drug-likeness (QED) is 0.698. The number of likely N-dealkylation sites (N-methyl/N-ethyl adjacent to an activating group) is 1. The zero-order valence-corrected chi connectivity index (χ0v) is 14.8. The van der Waals surface area contributed by atoms with E-state index < -0.39 is 5.97 Å². The Hall–Kier alpha value is -2.59. The van der Waals surface area contributed by atoms with Crippen LogP contribution in [0.4, 0.5) is 0 Å². The van der Waals surface area contributed by atoms with E-state index in [1.807, 2.05) is 59.2 Å². The van der Waals surface area contributed by atoms with Crippen LogP contribution in [0.15, 0.2) is 54.6 Å². The highest BCUT2D eigenvalue weighted by atomic mass is 16.4. The highest BCUT2D eigenvalue weighted by Gasteiger charge is 2.22. The Balaban J connectivity index is 2.21. The molecule has 0 saturated heterocycles. The maximum Gasteiger partial charge on any atom is 0.353 e. The number of hydrogen-bond donors (Lipinski definition) is 1. The van der Waals surface area contributed by atoms with Crippen molar-refractivity contribution in [3.05, 3.63) is 60.3 Å². The van der Waals surface area contributed by atoms with Gasteiger partial charge in [0, 0.05) is 23.9 Å². The van der Waals surface area contributed by atoms with Crippen molar-refractivity contribution >= 4 is 16.7 Å². The summed E-state index contributed by atoms with van der Waals surface area (Å²) >= 11 is 0. The van der Waals surface area contributed by atoms with E-state index in [0.29, 0.717) is 12.2 Å². The molecule has 0 spiro atoms. The SMILES string of the molecule is CCN(CC)CCn1c(C(=O)O)c2ccccc2c1-c1ccccc1. The zero-order chi connectivity index (χ0) is 17.8. The van der Waals surface area contributed by atoms with Gasteiger partial charge < -0.3 is 14.6 Å². The molecule has 1 heterocycles. The Morgan fingerprint density at radius 3 is 2.16 bits per heavy atom. The minimum atomic E-state index is -0.877. The van der Waals surface area contributed by atoms with Crippen LogP contribution in [0.5, 0.6) is 0 Å². The lowest BCUT2D eigenvalue weighted by molar-refractivity contribution is 0.0687. The van der Waals surface area contributed by atoms with Gasteiger partial charge in [-0.15, -0.1) is 0 Å². The van der Waals surface area contributed by atoms with Gasteiger partial charge in [0.05, 0.1) is 5.69 Å². The summed E-state index contributed by atoms with van der Waals surface area (Å²) in [5.74, 6) is -0.877. The van der Waals surface area contributed by atoms with Gasteiger partial charge in [-0.3, -0.25) is 0 Å². The fourth-order valence-corrected chi connectivity index (χ4v) is 3.44. The van der Waals surface area contributed by atoms with E-state index in [4.69, 9.17) is 0 Å². The summed E-state index contributed by atoms with van der Waals surface area (Å²) < 4.78 is 1.97. The Kier molecular flexibility index (Phi) is 5.19. The molecule has 4 nitrogen and oxygen atoms in total. The molecule has 1 aromatic heterocycles. The third kappa shape index (κ3) is 3.30. The number of carbonyl (C=O) groups is 1. The summed E-state index contributed by atoms with van der Waals surface area (Å²) in [5.41, 5.74) is 2.41. The van der Waals surface area contributed by atoms with E-state index in [0.717, 1.165) is 41.7 Å². The minimum absolute atomic E-state index is 0.376. The minimum Gasteiger partial charge on any atom is -0.477 e. The molecule has 0 aliphatic rings. The zero-order valence-electron chi connectivity index (χ0n) is 14.8. The van der Waals surface area contributed by atoms with Crippen molar-refractivity contribution in [1.82, 2.24) is 9.47 Å². The average molecular weight is 336 g/mol. The second-order valence-corrected chi connectivity index (χ2v) is 6.09. The number of aromatic nitrogens is 1. The summed E-state index contributed by atoms with van der Waals surface area (Å²) in [4.78, 5) is 14.3. The summed E-state index contributed by atoms with van der Waals surface area (Å²) in [5, 5.41) is 11.7. The van der Waals surface area contributed by atoms with Crippen molar-refractivity contribution in [2.45, 2.75) is 20.4 Å². The van der Waals surface area contributed by atoms with Gasteiger partial charge in [0.2, 0.25) is 0 Å². The molecule has 3 aromatic rings. The van der Waals surface area contributed by atoms with Gasteiger partial charge in [-0.25, -0.2) is 4.79 Å². The molecule has 130 valence electrons. The smallest absolute Gasteiger partial charge is 0.353 e. The first-order chi connectivity index (χ1) is 12.2. The van der Waals surface area contributed by atoms with Gasteiger partial charge in [0.15, 0.2) is 0 Å². The van der Waals surface area contributed by atoms with E-state index in [2.05, 4.69) is 18.7 Å². The van der Waals surface area contributed by atoms with E-state index in [1.54, 1.807) is 0 Å². The molecule has 0 aliphatic carbocycles. The van der Waals surface area contributed by atoms with Gasteiger partial charge in [-0.1, -0.05) is 68.4 Å². The van der Waals surface area contributed by atoms with E-state index in [-0.39, 0.29) is 0 Å². The molecule has 2 aromatic carbocycles. The van der Waals surface area contributed by atoms with E-state index in [1.165, 1.54) is 0 Å². The number of carboxylic acids is 1.